The molecule has 4 heteroatoms. The van der Waals surface area contributed by atoms with Crippen LogP contribution in [0.3, 0.4) is 0 Å². The zero-order valence-corrected chi connectivity index (χ0v) is 22.9. The molecule has 0 aliphatic carbocycles. The predicted octanol–water partition coefficient (Wildman–Crippen LogP) is 7.04. The monoisotopic (exact) mass is 505 g/mol. The second kappa shape index (κ2) is 11.4. The Bertz CT molecular complexity index is 1390. The minimum absolute atomic E-state index is 0.0135. The van der Waals surface area contributed by atoms with E-state index in [1.807, 2.05) is 36.4 Å². The van der Waals surface area contributed by atoms with Crippen molar-refractivity contribution in [2.75, 3.05) is 20.6 Å². The molecule has 2 heterocycles. The van der Waals surface area contributed by atoms with Gasteiger partial charge in [-0.1, -0.05) is 85.8 Å². The molecule has 5 rings (SSSR count). The highest BCUT2D eigenvalue weighted by molar-refractivity contribution is 5.93. The normalized spacial score (nSPS) is 17.2. The number of carbonyl (C=O) groups excluding carboxylic acids is 1. The molecule has 1 amide bonds. The molecule has 2 unspecified atom stereocenters. The number of aromatic amines is 1. The molecule has 0 spiro atoms. The summed E-state index contributed by atoms with van der Waals surface area (Å²) in [6, 6.07) is 29.4. The van der Waals surface area contributed by atoms with Crippen molar-refractivity contribution >= 4 is 22.9 Å². The largest absolute Gasteiger partial charge is 0.356 e. The second-order valence-electron chi connectivity index (χ2n) is 10.8. The number of H-pyrrole nitrogens is 1. The first-order valence-corrected chi connectivity index (χ1v) is 13.9. The molecule has 0 bridgehead atoms. The first-order valence-electron chi connectivity index (χ1n) is 13.9. The molecule has 1 aliphatic rings. The SMILES string of the molecule is CCC(CCC1c2[nH]c3ccccc3c2CCN1C(=O)/C=C/c1ccccc1)(Cc1ccccc1)N(C)C. The molecule has 0 radical (unpaired) electrons. The Morgan fingerprint density at radius 2 is 1.68 bits per heavy atom. The number of likely N-dealkylation sites (N-methyl/N-ethyl adjacent to an activating group) is 1. The van der Waals surface area contributed by atoms with Crippen molar-refractivity contribution in [1.82, 2.24) is 14.8 Å². The Morgan fingerprint density at radius 1 is 1.00 bits per heavy atom. The van der Waals surface area contributed by atoms with Crippen LogP contribution < -0.4 is 0 Å². The van der Waals surface area contributed by atoms with Crippen LogP contribution in [0.5, 0.6) is 0 Å². The van der Waals surface area contributed by atoms with E-state index in [-0.39, 0.29) is 17.5 Å². The van der Waals surface area contributed by atoms with Gasteiger partial charge in [-0.2, -0.15) is 0 Å². The standard InChI is InChI=1S/C34H39N3O/c1-4-34(36(2)3,25-27-15-9-6-10-16-27)23-21-31-33-29(28-17-11-12-18-30(28)35-33)22-24-37(31)32(38)20-19-26-13-7-5-8-14-26/h5-20,31,35H,4,21-25H2,1-3H3/b20-19+. The van der Waals surface area contributed by atoms with Crippen molar-refractivity contribution in [2.24, 2.45) is 0 Å². The van der Waals surface area contributed by atoms with Gasteiger partial charge in [0.1, 0.15) is 0 Å². The van der Waals surface area contributed by atoms with Gasteiger partial charge in [0, 0.05) is 34.8 Å². The van der Waals surface area contributed by atoms with Gasteiger partial charge in [-0.3, -0.25) is 4.79 Å². The molecule has 1 N–H and O–H groups in total. The van der Waals surface area contributed by atoms with Crippen LogP contribution in [0.2, 0.25) is 0 Å². The average molecular weight is 506 g/mol. The predicted molar refractivity (Wildman–Crippen MR) is 158 cm³/mol. The average Bonchev–Trinajstić information content (AvgIpc) is 3.34. The van der Waals surface area contributed by atoms with Gasteiger partial charge >= 0.3 is 0 Å². The van der Waals surface area contributed by atoms with Crippen LogP contribution in [0.4, 0.5) is 0 Å². The van der Waals surface area contributed by atoms with E-state index in [0.29, 0.717) is 0 Å². The number of hydrogen-bond donors (Lipinski definition) is 1. The number of hydrogen-bond acceptors (Lipinski definition) is 2. The number of fused-ring (bicyclic) bond motifs is 3. The van der Waals surface area contributed by atoms with E-state index in [0.717, 1.165) is 49.7 Å². The maximum atomic E-state index is 13.6. The molecule has 2 atom stereocenters. The van der Waals surface area contributed by atoms with Crippen LogP contribution in [0.1, 0.15) is 54.6 Å². The lowest BCUT2D eigenvalue weighted by Crippen LogP contribution is -2.47. The summed E-state index contributed by atoms with van der Waals surface area (Å²) in [5.74, 6) is 0.0816. The molecule has 3 aromatic carbocycles. The molecule has 196 valence electrons. The van der Waals surface area contributed by atoms with E-state index in [9.17, 15) is 4.79 Å². The first kappa shape index (κ1) is 26.0. The smallest absolute Gasteiger partial charge is 0.247 e. The fourth-order valence-corrected chi connectivity index (χ4v) is 6.18. The van der Waals surface area contributed by atoms with Gasteiger partial charge in [0.15, 0.2) is 0 Å². The summed E-state index contributed by atoms with van der Waals surface area (Å²) < 4.78 is 0. The summed E-state index contributed by atoms with van der Waals surface area (Å²) in [5.41, 5.74) is 6.16. The molecule has 0 fully saturated rings. The number of carbonyl (C=O) groups is 1. The molecule has 38 heavy (non-hydrogen) atoms. The Kier molecular flexibility index (Phi) is 7.80. The Hall–Kier alpha value is -3.63. The highest BCUT2D eigenvalue weighted by atomic mass is 16.2. The van der Waals surface area contributed by atoms with Crippen molar-refractivity contribution in [3.63, 3.8) is 0 Å². The van der Waals surface area contributed by atoms with Gasteiger partial charge in [0.05, 0.1) is 6.04 Å². The number of amides is 1. The summed E-state index contributed by atoms with van der Waals surface area (Å²) >= 11 is 0. The van der Waals surface area contributed by atoms with Gasteiger partial charge in [-0.25, -0.2) is 0 Å². The van der Waals surface area contributed by atoms with E-state index in [2.05, 4.69) is 90.4 Å². The fraction of sp³-hybridized carbons (Fsp3) is 0.324. The zero-order valence-electron chi connectivity index (χ0n) is 22.9. The Balaban J connectivity index is 1.47. The third-order valence-corrected chi connectivity index (χ3v) is 8.53. The second-order valence-corrected chi connectivity index (χ2v) is 10.8. The van der Waals surface area contributed by atoms with E-state index in [1.54, 1.807) is 6.08 Å². The lowest BCUT2D eigenvalue weighted by Gasteiger charge is -2.43. The van der Waals surface area contributed by atoms with Crippen LogP contribution in [0.15, 0.2) is 91.0 Å². The highest BCUT2D eigenvalue weighted by Gasteiger charge is 2.37. The van der Waals surface area contributed by atoms with Crippen molar-refractivity contribution in [3.8, 4) is 0 Å². The lowest BCUT2D eigenvalue weighted by atomic mass is 9.80. The molecule has 1 aromatic heterocycles. The van der Waals surface area contributed by atoms with Crippen molar-refractivity contribution < 1.29 is 4.79 Å². The lowest BCUT2D eigenvalue weighted by molar-refractivity contribution is -0.129. The minimum atomic E-state index is 0.0135. The number of benzene rings is 3. The van der Waals surface area contributed by atoms with E-state index in [4.69, 9.17) is 0 Å². The van der Waals surface area contributed by atoms with Crippen LogP contribution in [-0.4, -0.2) is 46.9 Å². The number of aromatic nitrogens is 1. The van der Waals surface area contributed by atoms with Gasteiger partial charge < -0.3 is 14.8 Å². The van der Waals surface area contributed by atoms with Crippen molar-refractivity contribution in [2.45, 2.75) is 50.6 Å². The zero-order chi connectivity index (χ0) is 26.5. The maximum Gasteiger partial charge on any atom is 0.247 e. The van der Waals surface area contributed by atoms with E-state index >= 15 is 0 Å². The molecule has 4 aromatic rings. The summed E-state index contributed by atoms with van der Waals surface area (Å²) in [7, 11) is 4.40. The van der Waals surface area contributed by atoms with Crippen molar-refractivity contribution in [3.05, 3.63) is 113 Å². The van der Waals surface area contributed by atoms with Gasteiger partial charge in [-0.15, -0.1) is 0 Å². The number of rotatable bonds is 9. The molecular weight excluding hydrogens is 466 g/mol. The molecule has 0 saturated heterocycles. The van der Waals surface area contributed by atoms with Crippen LogP contribution in [-0.2, 0) is 17.6 Å². The molecular formula is C34H39N3O. The van der Waals surface area contributed by atoms with E-state index in [1.165, 1.54) is 22.2 Å². The third-order valence-electron chi connectivity index (χ3n) is 8.53. The highest BCUT2D eigenvalue weighted by Crippen LogP contribution is 2.40. The number of nitrogens with zero attached hydrogens (tertiary/aromatic N) is 2. The van der Waals surface area contributed by atoms with Gasteiger partial charge in [0.25, 0.3) is 0 Å². The van der Waals surface area contributed by atoms with Crippen LogP contribution in [0, 0.1) is 0 Å². The molecule has 0 saturated carbocycles. The fourth-order valence-electron chi connectivity index (χ4n) is 6.18. The summed E-state index contributed by atoms with van der Waals surface area (Å²) in [4.78, 5) is 21.9. The van der Waals surface area contributed by atoms with Crippen molar-refractivity contribution in [1.29, 1.82) is 0 Å². The van der Waals surface area contributed by atoms with Crippen LogP contribution >= 0.6 is 0 Å². The summed E-state index contributed by atoms with van der Waals surface area (Å²) in [6.45, 7) is 3.03. The summed E-state index contributed by atoms with van der Waals surface area (Å²) in [6.07, 6.45) is 8.50. The molecule has 1 aliphatic heterocycles. The Morgan fingerprint density at radius 3 is 2.39 bits per heavy atom. The van der Waals surface area contributed by atoms with Gasteiger partial charge in [-0.05, 0) is 75.0 Å². The minimum Gasteiger partial charge on any atom is -0.356 e. The third kappa shape index (κ3) is 5.32. The number of para-hydroxylation sites is 1. The van der Waals surface area contributed by atoms with E-state index < -0.39 is 0 Å². The van der Waals surface area contributed by atoms with Gasteiger partial charge in [0.2, 0.25) is 5.91 Å². The maximum absolute atomic E-state index is 13.6. The first-order chi connectivity index (χ1) is 18.5. The Labute approximate surface area is 227 Å². The number of nitrogens with one attached hydrogen (secondary N) is 1. The summed E-state index contributed by atoms with van der Waals surface area (Å²) in [5, 5.41) is 1.29. The topological polar surface area (TPSA) is 39.3 Å². The van der Waals surface area contributed by atoms with Crippen LogP contribution in [0.25, 0.3) is 17.0 Å². The quantitative estimate of drug-likeness (QED) is 0.248. The molecule has 4 nitrogen and oxygen atoms in total.